The van der Waals surface area contributed by atoms with Crippen LogP contribution in [0, 0.1) is 0 Å². The van der Waals surface area contributed by atoms with E-state index in [0.29, 0.717) is 5.69 Å². The van der Waals surface area contributed by atoms with Crippen molar-refractivity contribution in [2.24, 2.45) is 19.1 Å². The van der Waals surface area contributed by atoms with Crippen LogP contribution in [0.5, 0.6) is 0 Å². The van der Waals surface area contributed by atoms with Crippen molar-refractivity contribution >= 4 is 12.1 Å². The first kappa shape index (κ1) is 10.0. The summed E-state index contributed by atoms with van der Waals surface area (Å²) in [7, 11) is 3.73. The van der Waals surface area contributed by atoms with E-state index in [1.165, 1.54) is 0 Å². The number of aliphatic imine (C=N–C) groups is 1. The van der Waals surface area contributed by atoms with Crippen LogP contribution < -0.4 is 0 Å². The molecule has 2 aromatic rings. The summed E-state index contributed by atoms with van der Waals surface area (Å²) in [6.45, 7) is 0. The van der Waals surface area contributed by atoms with Gasteiger partial charge in [0.15, 0.2) is 0 Å². The second kappa shape index (κ2) is 3.41. The smallest absolute Gasteiger partial charge is 0.293 e. The van der Waals surface area contributed by atoms with Crippen LogP contribution in [-0.2, 0) is 14.1 Å². The zero-order valence-electron chi connectivity index (χ0n) is 9.66. The third-order valence-electron chi connectivity index (χ3n) is 3.07. The molecule has 0 bridgehead atoms. The number of nitrogens with zero attached hydrogens (tertiary/aromatic N) is 4. The van der Waals surface area contributed by atoms with Gasteiger partial charge in [0.2, 0.25) is 0 Å². The van der Waals surface area contributed by atoms with Gasteiger partial charge in [-0.05, 0) is 11.6 Å². The number of amides is 1. The number of rotatable bonds is 1. The Morgan fingerprint density at radius 3 is 2.88 bits per heavy atom. The van der Waals surface area contributed by atoms with E-state index < -0.39 is 0 Å². The zero-order chi connectivity index (χ0) is 12.0. The van der Waals surface area contributed by atoms with Crippen LogP contribution in [0.2, 0.25) is 0 Å². The van der Waals surface area contributed by atoms with Gasteiger partial charge in [0.05, 0.1) is 6.20 Å². The van der Waals surface area contributed by atoms with Crippen molar-refractivity contribution in [3.8, 4) is 0 Å². The second-order valence-electron chi connectivity index (χ2n) is 4.24. The molecule has 0 saturated carbocycles. The molecule has 1 unspecified atom stereocenters. The average Bonchev–Trinajstić information content (AvgIpc) is 2.87. The highest BCUT2D eigenvalue weighted by Gasteiger charge is 2.26. The molecule has 1 atom stereocenters. The van der Waals surface area contributed by atoms with Gasteiger partial charge in [0.1, 0.15) is 5.69 Å². The molecule has 0 aromatic carbocycles. The van der Waals surface area contributed by atoms with E-state index in [-0.39, 0.29) is 11.8 Å². The van der Waals surface area contributed by atoms with Crippen molar-refractivity contribution in [3.63, 3.8) is 0 Å². The molecule has 17 heavy (non-hydrogen) atoms. The fourth-order valence-corrected chi connectivity index (χ4v) is 2.22. The predicted octanol–water partition coefficient (Wildman–Crippen LogP) is 1.12. The molecule has 3 rings (SSSR count). The van der Waals surface area contributed by atoms with Crippen LogP contribution in [0.1, 0.15) is 27.5 Å². The summed E-state index contributed by atoms with van der Waals surface area (Å²) in [5, 5.41) is 4.15. The number of aromatic nitrogens is 3. The first-order valence-corrected chi connectivity index (χ1v) is 5.39. The van der Waals surface area contributed by atoms with Crippen molar-refractivity contribution in [2.75, 3.05) is 0 Å². The number of carbonyl (C=O) groups excluding carboxylic acids is 1. The lowest BCUT2D eigenvalue weighted by Crippen LogP contribution is -2.16. The lowest BCUT2D eigenvalue weighted by atomic mass is 9.93. The minimum absolute atomic E-state index is 0.0256. The van der Waals surface area contributed by atoms with Crippen molar-refractivity contribution in [1.29, 1.82) is 0 Å². The molecular formula is C12H12N4O. The molecule has 5 nitrogen and oxygen atoms in total. The molecule has 1 amide bonds. The minimum Gasteiger partial charge on any atom is -0.346 e. The first-order chi connectivity index (χ1) is 8.16. The van der Waals surface area contributed by atoms with E-state index in [0.717, 1.165) is 11.1 Å². The Kier molecular flexibility index (Phi) is 2.01. The van der Waals surface area contributed by atoms with Crippen LogP contribution in [0.3, 0.4) is 0 Å². The van der Waals surface area contributed by atoms with Gasteiger partial charge >= 0.3 is 0 Å². The number of aryl methyl sites for hydroxylation is 2. The monoisotopic (exact) mass is 228 g/mol. The van der Waals surface area contributed by atoms with Crippen LogP contribution in [0.25, 0.3) is 0 Å². The van der Waals surface area contributed by atoms with Crippen molar-refractivity contribution in [1.82, 2.24) is 14.3 Å². The van der Waals surface area contributed by atoms with Gasteiger partial charge < -0.3 is 4.57 Å². The van der Waals surface area contributed by atoms with Gasteiger partial charge in [0, 0.05) is 44.2 Å². The summed E-state index contributed by atoms with van der Waals surface area (Å²) in [4.78, 5) is 15.7. The van der Waals surface area contributed by atoms with Crippen LogP contribution in [0.15, 0.2) is 29.6 Å². The van der Waals surface area contributed by atoms with Gasteiger partial charge in [-0.2, -0.15) is 5.10 Å². The Balaban J connectivity index is 2.14. The molecule has 0 radical (unpaired) electrons. The summed E-state index contributed by atoms with van der Waals surface area (Å²) >= 11 is 0. The van der Waals surface area contributed by atoms with Gasteiger partial charge in [-0.1, -0.05) is 0 Å². The molecule has 5 heteroatoms. The first-order valence-electron chi connectivity index (χ1n) is 5.39. The summed E-state index contributed by atoms with van der Waals surface area (Å²) in [6.07, 6.45) is 7.34. The summed E-state index contributed by atoms with van der Waals surface area (Å²) in [5.41, 5.74) is 2.72. The SMILES string of the molecule is Cn1cc(C2C=NC(=O)c3c2ccn3C)cn1. The Hall–Kier alpha value is -2.17. The van der Waals surface area contributed by atoms with Crippen molar-refractivity contribution in [2.45, 2.75) is 5.92 Å². The lowest BCUT2D eigenvalue weighted by molar-refractivity contribution is 0.0992. The highest BCUT2D eigenvalue weighted by Crippen LogP contribution is 2.29. The molecule has 1 aliphatic rings. The maximum Gasteiger partial charge on any atom is 0.293 e. The second-order valence-corrected chi connectivity index (χ2v) is 4.24. The molecule has 0 N–H and O–H groups in total. The van der Waals surface area contributed by atoms with Crippen molar-refractivity contribution < 1.29 is 4.79 Å². The van der Waals surface area contributed by atoms with E-state index in [1.54, 1.807) is 10.9 Å². The fraction of sp³-hybridized carbons (Fsp3) is 0.250. The number of carbonyl (C=O) groups is 1. The van der Waals surface area contributed by atoms with Crippen LogP contribution in [0.4, 0.5) is 0 Å². The molecule has 0 fully saturated rings. The molecule has 0 aliphatic carbocycles. The molecular weight excluding hydrogens is 216 g/mol. The number of hydrogen-bond acceptors (Lipinski definition) is 2. The van der Waals surface area contributed by atoms with E-state index >= 15 is 0 Å². The van der Waals surface area contributed by atoms with Crippen LogP contribution >= 0.6 is 0 Å². The molecule has 0 spiro atoms. The van der Waals surface area contributed by atoms with Gasteiger partial charge in [-0.3, -0.25) is 9.48 Å². The van der Waals surface area contributed by atoms with Gasteiger partial charge in [-0.15, -0.1) is 0 Å². The van der Waals surface area contributed by atoms with E-state index in [1.807, 2.05) is 43.3 Å². The molecule has 86 valence electrons. The van der Waals surface area contributed by atoms with E-state index in [4.69, 9.17) is 0 Å². The lowest BCUT2D eigenvalue weighted by Gasteiger charge is -2.15. The largest absolute Gasteiger partial charge is 0.346 e. The average molecular weight is 228 g/mol. The topological polar surface area (TPSA) is 52.2 Å². The summed E-state index contributed by atoms with van der Waals surface area (Å²) in [6, 6.07) is 1.97. The number of hydrogen-bond donors (Lipinski definition) is 0. The Morgan fingerprint density at radius 1 is 1.35 bits per heavy atom. The highest BCUT2D eigenvalue weighted by molar-refractivity contribution is 6.04. The summed E-state index contributed by atoms with van der Waals surface area (Å²) < 4.78 is 3.57. The maximum atomic E-state index is 11.7. The third kappa shape index (κ3) is 1.43. The molecule has 2 aromatic heterocycles. The highest BCUT2D eigenvalue weighted by atomic mass is 16.1. The minimum atomic E-state index is -0.173. The van der Waals surface area contributed by atoms with E-state index in [9.17, 15) is 4.79 Å². The fourth-order valence-electron chi connectivity index (χ4n) is 2.22. The Bertz CT molecular complexity index is 620. The number of fused-ring (bicyclic) bond motifs is 1. The normalized spacial score (nSPS) is 18.5. The standard InChI is InChI=1S/C12H12N4O/c1-15-4-3-9-10(6-13-12(17)11(9)15)8-5-14-16(2)7-8/h3-7,10H,1-2H3. The van der Waals surface area contributed by atoms with E-state index in [2.05, 4.69) is 10.1 Å². The molecule has 0 saturated heterocycles. The van der Waals surface area contributed by atoms with Crippen LogP contribution in [-0.4, -0.2) is 26.5 Å². The van der Waals surface area contributed by atoms with Gasteiger partial charge in [0.25, 0.3) is 5.91 Å². The predicted molar refractivity (Wildman–Crippen MR) is 63.3 cm³/mol. The molecule has 1 aliphatic heterocycles. The third-order valence-corrected chi connectivity index (χ3v) is 3.07. The Morgan fingerprint density at radius 2 is 2.18 bits per heavy atom. The maximum absolute atomic E-state index is 11.7. The summed E-state index contributed by atoms with van der Waals surface area (Å²) in [5.74, 6) is -0.148. The van der Waals surface area contributed by atoms with Crippen molar-refractivity contribution in [3.05, 3.63) is 41.5 Å². The molecule has 3 heterocycles. The Labute approximate surface area is 98.4 Å². The quantitative estimate of drug-likeness (QED) is 0.734. The zero-order valence-corrected chi connectivity index (χ0v) is 9.66. The van der Waals surface area contributed by atoms with Gasteiger partial charge in [-0.25, -0.2) is 4.99 Å².